The summed E-state index contributed by atoms with van der Waals surface area (Å²) in [6, 6.07) is 9.25. The summed E-state index contributed by atoms with van der Waals surface area (Å²) in [5.41, 5.74) is 4.96. The highest BCUT2D eigenvalue weighted by molar-refractivity contribution is 5.89. The molecule has 0 heterocycles. The maximum Gasteiger partial charge on any atom is 0.407 e. The lowest BCUT2D eigenvalue weighted by Gasteiger charge is -2.18. The minimum atomic E-state index is -4.56. The van der Waals surface area contributed by atoms with Crippen LogP contribution in [-0.2, 0) is 0 Å². The van der Waals surface area contributed by atoms with Gasteiger partial charge in [-0.2, -0.15) is 18.4 Å². The molecule has 0 aliphatic heterocycles. The van der Waals surface area contributed by atoms with E-state index in [4.69, 9.17) is 11.0 Å². The molecule has 0 bridgehead atoms. The summed E-state index contributed by atoms with van der Waals surface area (Å²) in [7, 11) is 0. The molecule has 1 atom stereocenters. The second-order valence-corrected chi connectivity index (χ2v) is 3.88. The van der Waals surface area contributed by atoms with E-state index >= 15 is 0 Å². The normalized spacial score (nSPS) is 13.3. The summed E-state index contributed by atoms with van der Waals surface area (Å²) in [4.78, 5) is 0. The van der Waals surface area contributed by atoms with Crippen LogP contribution in [0.3, 0.4) is 0 Å². The zero-order valence-electron chi connectivity index (χ0n) is 9.20. The third-order valence-corrected chi connectivity index (χ3v) is 2.76. The van der Waals surface area contributed by atoms with Crippen LogP contribution in [0.2, 0.25) is 0 Å². The Morgan fingerprint density at radius 3 is 2.39 bits per heavy atom. The van der Waals surface area contributed by atoms with Crippen LogP contribution in [-0.4, -0.2) is 6.18 Å². The van der Waals surface area contributed by atoms with E-state index < -0.39 is 12.2 Å². The topological polar surface area (TPSA) is 49.8 Å². The molecular weight excluding hydrogens is 241 g/mol. The number of hydrogen-bond donors (Lipinski definition) is 1. The largest absolute Gasteiger partial charge is 0.407 e. The third-order valence-electron chi connectivity index (χ3n) is 2.76. The highest BCUT2D eigenvalue weighted by Crippen LogP contribution is 2.34. The first-order valence-corrected chi connectivity index (χ1v) is 5.19. The van der Waals surface area contributed by atoms with Crippen molar-refractivity contribution in [3.8, 4) is 6.07 Å². The van der Waals surface area contributed by atoms with Crippen molar-refractivity contribution < 1.29 is 13.2 Å². The molecular formula is C13H9F3N2. The quantitative estimate of drug-likeness (QED) is 0.844. The van der Waals surface area contributed by atoms with E-state index in [1.807, 2.05) is 6.07 Å². The summed E-state index contributed by atoms with van der Waals surface area (Å²) in [6.45, 7) is 0. The fourth-order valence-electron chi connectivity index (χ4n) is 1.85. The average molecular weight is 250 g/mol. The van der Waals surface area contributed by atoms with Crippen LogP contribution in [0.15, 0.2) is 36.4 Å². The zero-order valence-corrected chi connectivity index (χ0v) is 9.20. The van der Waals surface area contributed by atoms with Crippen molar-refractivity contribution in [1.29, 1.82) is 5.26 Å². The molecule has 18 heavy (non-hydrogen) atoms. The van der Waals surface area contributed by atoms with E-state index in [1.165, 1.54) is 12.1 Å². The predicted molar refractivity (Wildman–Crippen MR) is 61.6 cm³/mol. The van der Waals surface area contributed by atoms with Crippen molar-refractivity contribution in [2.75, 3.05) is 0 Å². The molecule has 0 unspecified atom stereocenters. The highest BCUT2D eigenvalue weighted by atomic mass is 19.4. The number of hydrogen-bond acceptors (Lipinski definition) is 2. The fourth-order valence-corrected chi connectivity index (χ4v) is 1.85. The lowest BCUT2D eigenvalue weighted by atomic mass is 9.95. The monoisotopic (exact) mass is 250 g/mol. The van der Waals surface area contributed by atoms with Gasteiger partial charge in [0.1, 0.15) is 12.1 Å². The Morgan fingerprint density at radius 2 is 1.78 bits per heavy atom. The first kappa shape index (κ1) is 12.4. The van der Waals surface area contributed by atoms with Gasteiger partial charge in [-0.15, -0.1) is 0 Å². The molecule has 0 fully saturated rings. The summed E-state index contributed by atoms with van der Waals surface area (Å²) in [5.74, 6) is 0. The summed E-state index contributed by atoms with van der Waals surface area (Å²) >= 11 is 0. The van der Waals surface area contributed by atoms with Gasteiger partial charge in [0.25, 0.3) is 0 Å². The molecule has 0 aliphatic rings. The zero-order chi connectivity index (χ0) is 13.3. The van der Waals surface area contributed by atoms with Crippen LogP contribution in [0, 0.1) is 11.3 Å². The van der Waals surface area contributed by atoms with Crippen molar-refractivity contribution >= 4 is 10.8 Å². The maximum atomic E-state index is 12.6. The van der Waals surface area contributed by atoms with E-state index in [0.717, 1.165) is 0 Å². The Morgan fingerprint density at radius 1 is 1.11 bits per heavy atom. The van der Waals surface area contributed by atoms with Gasteiger partial charge in [-0.05, 0) is 16.3 Å². The highest BCUT2D eigenvalue weighted by Gasteiger charge is 2.39. The van der Waals surface area contributed by atoms with Crippen molar-refractivity contribution in [2.24, 2.45) is 5.73 Å². The van der Waals surface area contributed by atoms with Crippen LogP contribution < -0.4 is 5.73 Å². The molecule has 92 valence electrons. The van der Waals surface area contributed by atoms with Crippen molar-refractivity contribution in [3.05, 3.63) is 47.5 Å². The smallest absolute Gasteiger partial charge is 0.316 e. The molecule has 2 aromatic rings. The van der Waals surface area contributed by atoms with E-state index in [1.54, 1.807) is 24.3 Å². The number of nitrogens with zero attached hydrogens (tertiary/aromatic N) is 1. The second-order valence-electron chi connectivity index (χ2n) is 3.88. The lowest BCUT2D eigenvalue weighted by Crippen LogP contribution is -2.29. The van der Waals surface area contributed by atoms with Gasteiger partial charge in [0.15, 0.2) is 0 Å². The molecule has 5 heteroatoms. The summed E-state index contributed by atoms with van der Waals surface area (Å²) < 4.78 is 37.9. The number of rotatable bonds is 1. The van der Waals surface area contributed by atoms with Gasteiger partial charge in [-0.1, -0.05) is 36.4 Å². The average Bonchev–Trinajstić information content (AvgIpc) is 2.35. The van der Waals surface area contributed by atoms with Crippen molar-refractivity contribution in [1.82, 2.24) is 0 Å². The van der Waals surface area contributed by atoms with Gasteiger partial charge in [0.2, 0.25) is 0 Å². The molecule has 0 radical (unpaired) electrons. The first-order valence-electron chi connectivity index (χ1n) is 5.19. The van der Waals surface area contributed by atoms with Gasteiger partial charge in [0, 0.05) is 0 Å². The number of nitrogens with two attached hydrogens (primary N) is 1. The Labute approximate surface area is 101 Å². The van der Waals surface area contributed by atoms with Gasteiger partial charge in [0.05, 0.1) is 5.56 Å². The molecule has 0 aromatic heterocycles. The number of benzene rings is 2. The minimum Gasteiger partial charge on any atom is -0.316 e. The molecule has 0 aliphatic carbocycles. The minimum absolute atomic E-state index is 0.0158. The van der Waals surface area contributed by atoms with Crippen LogP contribution in [0.4, 0.5) is 13.2 Å². The lowest BCUT2D eigenvalue weighted by molar-refractivity contribution is -0.149. The molecule has 0 saturated carbocycles. The Bertz CT molecular complexity index is 626. The van der Waals surface area contributed by atoms with Gasteiger partial charge in [-0.25, -0.2) is 0 Å². The van der Waals surface area contributed by atoms with E-state index in [2.05, 4.69) is 0 Å². The van der Waals surface area contributed by atoms with E-state index in [9.17, 15) is 13.2 Å². The predicted octanol–water partition coefficient (Wildman–Crippen LogP) is 3.27. The third kappa shape index (κ3) is 2.03. The SMILES string of the molecule is N#Cc1c([C@H](N)C(F)(F)F)ccc2ccccc12. The van der Waals surface area contributed by atoms with E-state index in [-0.39, 0.29) is 11.1 Å². The standard InChI is InChI=1S/C13H9F3N2/c14-13(15,16)12(18)10-6-5-8-3-1-2-4-9(8)11(10)7-17/h1-6,12H,18H2/t12-/m0/s1. The molecule has 2 nitrogen and oxygen atoms in total. The Kier molecular flexibility index (Phi) is 2.97. The van der Waals surface area contributed by atoms with E-state index in [0.29, 0.717) is 10.8 Å². The van der Waals surface area contributed by atoms with Gasteiger partial charge >= 0.3 is 6.18 Å². The van der Waals surface area contributed by atoms with Crippen LogP contribution in [0.5, 0.6) is 0 Å². The Hall–Kier alpha value is -2.06. The van der Waals surface area contributed by atoms with Crippen molar-refractivity contribution in [2.45, 2.75) is 12.2 Å². The summed E-state index contributed by atoms with van der Waals surface area (Å²) in [5, 5.41) is 10.3. The number of halogens is 3. The molecule has 2 N–H and O–H groups in total. The molecule has 2 aromatic carbocycles. The molecule has 0 amide bonds. The van der Waals surface area contributed by atoms with Crippen LogP contribution in [0.1, 0.15) is 17.2 Å². The van der Waals surface area contributed by atoms with Gasteiger partial charge < -0.3 is 5.73 Å². The van der Waals surface area contributed by atoms with Crippen LogP contribution >= 0.6 is 0 Å². The van der Waals surface area contributed by atoms with Crippen molar-refractivity contribution in [3.63, 3.8) is 0 Å². The second kappa shape index (κ2) is 4.31. The Balaban J connectivity index is 2.70. The first-order chi connectivity index (χ1) is 8.45. The van der Waals surface area contributed by atoms with Crippen LogP contribution in [0.25, 0.3) is 10.8 Å². The van der Waals surface area contributed by atoms with Gasteiger partial charge in [-0.3, -0.25) is 0 Å². The molecule has 2 rings (SSSR count). The molecule has 0 spiro atoms. The number of fused-ring (bicyclic) bond motifs is 1. The number of nitriles is 1. The summed E-state index contributed by atoms with van der Waals surface area (Å²) in [6.07, 6.45) is -4.56. The maximum absolute atomic E-state index is 12.6. The molecule has 0 saturated heterocycles. The number of alkyl halides is 3. The fraction of sp³-hybridized carbons (Fsp3) is 0.154.